The molecule has 0 saturated heterocycles. The fraction of sp³-hybridized carbons (Fsp3) is 0.444. The Bertz CT molecular complexity index is 665. The highest BCUT2D eigenvalue weighted by Crippen LogP contribution is 2.65. The van der Waals surface area contributed by atoms with E-state index in [4.69, 9.17) is 11.6 Å². The van der Waals surface area contributed by atoms with Gasteiger partial charge in [0.05, 0.1) is 11.6 Å². The first kappa shape index (κ1) is 15.3. The molecule has 0 aromatic heterocycles. The lowest BCUT2D eigenvalue weighted by atomic mass is 9.68. The highest BCUT2D eigenvalue weighted by Gasteiger charge is 2.60. The normalized spacial score (nSPS) is 29.2. The summed E-state index contributed by atoms with van der Waals surface area (Å²) in [6.07, 6.45) is 4.46. The number of halogens is 1. The Hall–Kier alpha value is -1.61. The van der Waals surface area contributed by atoms with Gasteiger partial charge < -0.3 is 0 Å². The van der Waals surface area contributed by atoms with E-state index in [0.29, 0.717) is 10.9 Å². The predicted molar refractivity (Wildman–Crippen MR) is 89.9 cm³/mol. The Morgan fingerprint density at radius 3 is 2.82 bits per heavy atom. The maximum Gasteiger partial charge on any atom is 0.250 e. The first-order valence-electron chi connectivity index (χ1n) is 7.66. The average molecular weight is 317 g/mol. The van der Waals surface area contributed by atoms with Crippen molar-refractivity contribution in [2.24, 2.45) is 21.8 Å². The Kier molecular flexibility index (Phi) is 3.64. The molecule has 2 atom stereocenters. The van der Waals surface area contributed by atoms with E-state index in [1.54, 1.807) is 12.3 Å². The van der Waals surface area contributed by atoms with Gasteiger partial charge in [0.2, 0.25) is 5.91 Å². The van der Waals surface area contributed by atoms with Crippen molar-refractivity contribution < 1.29 is 4.79 Å². The lowest BCUT2D eigenvalue weighted by molar-refractivity contribution is -0.128. The molecular formula is C18H21ClN2O. The standard InChI is InChI=1S/C18H21ClN2O/c1-12-17(2,3)14-8-9-18(12,10-14)16(22)21-20-11-13-6-4-5-7-15(13)19/h4-7,11,14H,1,8-10H2,2-3H3,(H,21,22)/b20-11-/t14-,18+/m1/s1. The molecular weight excluding hydrogens is 296 g/mol. The molecule has 116 valence electrons. The molecule has 2 aliphatic rings. The smallest absolute Gasteiger partial charge is 0.250 e. The summed E-state index contributed by atoms with van der Waals surface area (Å²) in [5.41, 5.74) is 4.15. The topological polar surface area (TPSA) is 41.5 Å². The van der Waals surface area contributed by atoms with Gasteiger partial charge in [0, 0.05) is 10.6 Å². The summed E-state index contributed by atoms with van der Waals surface area (Å²) in [4.78, 5) is 12.7. The van der Waals surface area contributed by atoms with E-state index in [1.807, 2.05) is 18.2 Å². The average Bonchev–Trinajstić information content (AvgIpc) is 3.01. The highest BCUT2D eigenvalue weighted by molar-refractivity contribution is 6.33. The van der Waals surface area contributed by atoms with Gasteiger partial charge in [0.25, 0.3) is 0 Å². The van der Waals surface area contributed by atoms with E-state index >= 15 is 0 Å². The SMILES string of the molecule is C=C1C(C)(C)[C@@H]2CC[C@]1(C(=O)N/N=C\c1ccccc1Cl)C2. The molecule has 1 amide bonds. The van der Waals surface area contributed by atoms with E-state index in [-0.39, 0.29) is 11.3 Å². The number of carbonyl (C=O) groups excluding carboxylic acids is 1. The summed E-state index contributed by atoms with van der Waals surface area (Å²) in [7, 11) is 0. The minimum Gasteiger partial charge on any atom is -0.272 e. The number of hydrogen-bond acceptors (Lipinski definition) is 2. The number of hydrazone groups is 1. The van der Waals surface area contributed by atoms with Gasteiger partial charge in [0.15, 0.2) is 0 Å². The summed E-state index contributed by atoms with van der Waals surface area (Å²) in [6.45, 7) is 8.62. The number of nitrogens with zero attached hydrogens (tertiary/aromatic N) is 1. The van der Waals surface area contributed by atoms with E-state index in [0.717, 1.165) is 30.4 Å². The maximum atomic E-state index is 12.7. The van der Waals surface area contributed by atoms with Crippen LogP contribution in [0.15, 0.2) is 41.5 Å². The molecule has 0 radical (unpaired) electrons. The van der Waals surface area contributed by atoms with Crippen LogP contribution in [0.3, 0.4) is 0 Å². The van der Waals surface area contributed by atoms with Crippen molar-refractivity contribution in [2.45, 2.75) is 33.1 Å². The monoisotopic (exact) mass is 316 g/mol. The Balaban J connectivity index is 1.73. The molecule has 22 heavy (non-hydrogen) atoms. The summed E-state index contributed by atoms with van der Waals surface area (Å²) >= 11 is 6.07. The lowest BCUT2D eigenvalue weighted by Crippen LogP contribution is -2.39. The number of benzene rings is 1. The van der Waals surface area contributed by atoms with Gasteiger partial charge in [0.1, 0.15) is 0 Å². The Morgan fingerprint density at radius 2 is 2.18 bits per heavy atom. The van der Waals surface area contributed by atoms with Crippen LogP contribution in [0, 0.1) is 16.7 Å². The largest absolute Gasteiger partial charge is 0.272 e. The van der Waals surface area contributed by atoms with E-state index in [1.165, 1.54) is 0 Å². The number of hydrogen-bond donors (Lipinski definition) is 1. The van der Waals surface area contributed by atoms with Gasteiger partial charge in [-0.05, 0) is 36.7 Å². The van der Waals surface area contributed by atoms with Crippen molar-refractivity contribution in [1.29, 1.82) is 0 Å². The summed E-state index contributed by atoms with van der Waals surface area (Å²) in [5.74, 6) is 0.521. The van der Waals surface area contributed by atoms with Gasteiger partial charge in [-0.25, -0.2) is 5.43 Å². The zero-order chi connectivity index (χ0) is 16.0. The highest BCUT2D eigenvalue weighted by atomic mass is 35.5. The molecule has 4 heteroatoms. The van der Waals surface area contributed by atoms with Crippen molar-refractivity contribution in [3.63, 3.8) is 0 Å². The van der Waals surface area contributed by atoms with Crippen LogP contribution in [0.2, 0.25) is 5.02 Å². The van der Waals surface area contributed by atoms with Crippen molar-refractivity contribution in [1.82, 2.24) is 5.43 Å². The summed E-state index contributed by atoms with van der Waals surface area (Å²) in [6, 6.07) is 7.41. The van der Waals surface area contributed by atoms with Crippen molar-refractivity contribution in [3.8, 4) is 0 Å². The van der Waals surface area contributed by atoms with Gasteiger partial charge in [-0.1, -0.05) is 55.8 Å². The molecule has 2 aliphatic carbocycles. The second-order valence-corrected chi connectivity index (χ2v) is 7.35. The summed E-state index contributed by atoms with van der Waals surface area (Å²) < 4.78 is 0. The van der Waals surface area contributed by atoms with Crippen LogP contribution in [-0.4, -0.2) is 12.1 Å². The Labute approximate surface area is 136 Å². The number of nitrogens with one attached hydrogen (secondary N) is 1. The van der Waals surface area contributed by atoms with Crippen LogP contribution < -0.4 is 5.43 Å². The predicted octanol–water partition coefficient (Wildman–Crippen LogP) is 4.17. The first-order valence-corrected chi connectivity index (χ1v) is 8.03. The molecule has 3 nitrogen and oxygen atoms in total. The van der Waals surface area contributed by atoms with E-state index < -0.39 is 5.41 Å². The number of carbonyl (C=O) groups is 1. The molecule has 2 bridgehead atoms. The minimum atomic E-state index is -0.439. The number of amides is 1. The van der Waals surface area contributed by atoms with Gasteiger partial charge in [-0.2, -0.15) is 5.10 Å². The van der Waals surface area contributed by atoms with Crippen LogP contribution in [0.25, 0.3) is 0 Å². The zero-order valence-electron chi connectivity index (χ0n) is 13.0. The van der Waals surface area contributed by atoms with Crippen molar-refractivity contribution >= 4 is 23.7 Å². The fourth-order valence-electron chi connectivity index (χ4n) is 3.99. The molecule has 0 unspecified atom stereocenters. The molecule has 2 saturated carbocycles. The zero-order valence-corrected chi connectivity index (χ0v) is 13.8. The number of rotatable bonds is 3. The van der Waals surface area contributed by atoms with E-state index in [2.05, 4.69) is 31.0 Å². The second-order valence-electron chi connectivity index (χ2n) is 6.94. The molecule has 3 rings (SSSR count). The van der Waals surface area contributed by atoms with Gasteiger partial charge in [-0.15, -0.1) is 0 Å². The van der Waals surface area contributed by atoms with Crippen molar-refractivity contribution in [2.75, 3.05) is 0 Å². The van der Waals surface area contributed by atoms with Crippen molar-refractivity contribution in [3.05, 3.63) is 47.0 Å². The maximum absolute atomic E-state index is 12.7. The number of fused-ring (bicyclic) bond motifs is 2. The second kappa shape index (κ2) is 5.24. The first-order chi connectivity index (χ1) is 10.4. The fourth-order valence-corrected chi connectivity index (χ4v) is 4.17. The molecule has 2 fully saturated rings. The lowest BCUT2D eigenvalue weighted by Gasteiger charge is -2.36. The molecule has 1 aromatic rings. The van der Waals surface area contributed by atoms with Crippen LogP contribution in [0.5, 0.6) is 0 Å². The molecule has 0 heterocycles. The third-order valence-corrected chi connectivity index (χ3v) is 5.94. The molecule has 0 aliphatic heterocycles. The van der Waals surface area contributed by atoms with Gasteiger partial charge >= 0.3 is 0 Å². The summed E-state index contributed by atoms with van der Waals surface area (Å²) in [5, 5.41) is 4.71. The third kappa shape index (κ3) is 2.19. The van der Waals surface area contributed by atoms with Crippen LogP contribution in [0.1, 0.15) is 38.7 Å². The van der Waals surface area contributed by atoms with Crippen LogP contribution in [0.4, 0.5) is 0 Å². The van der Waals surface area contributed by atoms with Crippen LogP contribution in [-0.2, 0) is 4.79 Å². The molecule has 1 N–H and O–H groups in total. The third-order valence-electron chi connectivity index (χ3n) is 5.60. The molecule has 1 aromatic carbocycles. The van der Waals surface area contributed by atoms with E-state index in [9.17, 15) is 4.79 Å². The van der Waals surface area contributed by atoms with Crippen LogP contribution >= 0.6 is 11.6 Å². The quantitative estimate of drug-likeness (QED) is 0.507. The van der Waals surface area contributed by atoms with Gasteiger partial charge in [-0.3, -0.25) is 4.79 Å². The molecule has 0 spiro atoms. The Morgan fingerprint density at radius 1 is 1.45 bits per heavy atom. The minimum absolute atomic E-state index is 0.0334.